The van der Waals surface area contributed by atoms with Crippen molar-refractivity contribution in [3.05, 3.63) is 23.8 Å². The summed E-state index contributed by atoms with van der Waals surface area (Å²) in [7, 11) is 3.14. The van der Waals surface area contributed by atoms with E-state index >= 15 is 0 Å². The van der Waals surface area contributed by atoms with Gasteiger partial charge in [0.1, 0.15) is 11.6 Å². The van der Waals surface area contributed by atoms with Crippen LogP contribution in [0.15, 0.2) is 18.2 Å². The van der Waals surface area contributed by atoms with Crippen molar-refractivity contribution in [1.82, 2.24) is 5.01 Å². The minimum Gasteiger partial charge on any atom is -0.495 e. The zero-order chi connectivity index (χ0) is 10.7. The average molecular weight is 194 g/mol. The van der Waals surface area contributed by atoms with Crippen molar-refractivity contribution in [2.75, 3.05) is 19.9 Å². The Labute approximate surface area is 82.7 Å². The van der Waals surface area contributed by atoms with Crippen LogP contribution in [-0.2, 0) is 0 Å². The molecule has 0 spiro atoms. The second kappa shape index (κ2) is 3.97. The summed E-state index contributed by atoms with van der Waals surface area (Å²) in [5.74, 6) is 6.20. The molecule has 0 amide bonds. The molecule has 0 atom stereocenters. The van der Waals surface area contributed by atoms with Gasteiger partial charge in [0.05, 0.1) is 12.8 Å². The Kier molecular flexibility index (Phi) is 2.93. The number of benzene rings is 1. The smallest absolute Gasteiger partial charge is 0.142 e. The lowest BCUT2D eigenvalue weighted by Gasteiger charge is -2.14. The molecular formula is C9H14N4O. The number of anilines is 1. The maximum absolute atomic E-state index is 7.63. The van der Waals surface area contributed by atoms with Crippen LogP contribution in [0.2, 0.25) is 0 Å². The maximum atomic E-state index is 7.63. The molecule has 5 nitrogen and oxygen atoms in total. The molecule has 14 heavy (non-hydrogen) atoms. The highest BCUT2D eigenvalue weighted by Gasteiger charge is 2.07. The van der Waals surface area contributed by atoms with E-state index in [2.05, 4.69) is 0 Å². The molecule has 0 saturated carbocycles. The summed E-state index contributed by atoms with van der Waals surface area (Å²) in [6, 6.07) is 5.09. The van der Waals surface area contributed by atoms with Crippen molar-refractivity contribution in [2.45, 2.75) is 0 Å². The molecule has 0 aliphatic rings. The van der Waals surface area contributed by atoms with Crippen molar-refractivity contribution < 1.29 is 4.74 Å². The highest BCUT2D eigenvalue weighted by Crippen LogP contribution is 2.22. The van der Waals surface area contributed by atoms with Gasteiger partial charge in [0.25, 0.3) is 0 Å². The molecule has 1 rings (SSSR count). The molecule has 0 radical (unpaired) electrons. The van der Waals surface area contributed by atoms with Gasteiger partial charge in [0, 0.05) is 12.6 Å². The molecule has 0 fully saturated rings. The van der Waals surface area contributed by atoms with Crippen LogP contribution in [0.5, 0.6) is 5.75 Å². The number of ether oxygens (including phenoxy) is 1. The SMILES string of the molecule is COc1cc(C(=N)N(C)N)ccc1N. The van der Waals surface area contributed by atoms with Crippen molar-refractivity contribution in [3.63, 3.8) is 0 Å². The monoisotopic (exact) mass is 194 g/mol. The van der Waals surface area contributed by atoms with E-state index in [1.54, 1.807) is 25.2 Å². The van der Waals surface area contributed by atoms with Gasteiger partial charge in [0.15, 0.2) is 0 Å². The zero-order valence-electron chi connectivity index (χ0n) is 8.24. The lowest BCUT2D eigenvalue weighted by Crippen LogP contribution is -2.33. The van der Waals surface area contributed by atoms with Gasteiger partial charge in [-0.2, -0.15) is 0 Å². The van der Waals surface area contributed by atoms with E-state index in [-0.39, 0.29) is 5.84 Å². The van der Waals surface area contributed by atoms with E-state index in [9.17, 15) is 0 Å². The molecular weight excluding hydrogens is 180 g/mol. The molecule has 0 aromatic heterocycles. The summed E-state index contributed by atoms with van der Waals surface area (Å²) in [6.45, 7) is 0. The number of amidine groups is 1. The van der Waals surface area contributed by atoms with Crippen molar-refractivity contribution >= 4 is 11.5 Å². The van der Waals surface area contributed by atoms with E-state index in [0.29, 0.717) is 17.0 Å². The van der Waals surface area contributed by atoms with Crippen LogP contribution >= 0.6 is 0 Å². The van der Waals surface area contributed by atoms with Gasteiger partial charge >= 0.3 is 0 Å². The summed E-state index contributed by atoms with van der Waals surface area (Å²) in [6.07, 6.45) is 0. The number of nitrogens with one attached hydrogen (secondary N) is 1. The molecule has 1 aromatic rings. The minimum atomic E-state index is 0.211. The number of nitrogens with two attached hydrogens (primary N) is 2. The van der Waals surface area contributed by atoms with Crippen LogP contribution in [0.25, 0.3) is 0 Å². The summed E-state index contributed by atoms with van der Waals surface area (Å²) in [5, 5.41) is 8.86. The van der Waals surface area contributed by atoms with Crippen LogP contribution in [0.1, 0.15) is 5.56 Å². The third-order valence-electron chi connectivity index (χ3n) is 1.86. The Hall–Kier alpha value is -1.75. The van der Waals surface area contributed by atoms with E-state index in [0.717, 1.165) is 0 Å². The summed E-state index contributed by atoms with van der Waals surface area (Å²) in [4.78, 5) is 0. The Morgan fingerprint density at radius 1 is 1.50 bits per heavy atom. The van der Waals surface area contributed by atoms with Crippen LogP contribution in [0, 0.1) is 5.41 Å². The van der Waals surface area contributed by atoms with Gasteiger partial charge in [-0.05, 0) is 18.2 Å². The molecule has 76 valence electrons. The third kappa shape index (κ3) is 1.94. The molecule has 0 heterocycles. The number of nitrogens with zero attached hydrogens (tertiary/aromatic N) is 1. The van der Waals surface area contributed by atoms with Crippen molar-refractivity contribution in [1.29, 1.82) is 5.41 Å². The van der Waals surface area contributed by atoms with Crippen LogP contribution in [-0.4, -0.2) is 25.0 Å². The molecule has 0 aliphatic heterocycles. The first-order valence-corrected chi connectivity index (χ1v) is 4.07. The van der Waals surface area contributed by atoms with Gasteiger partial charge in [-0.3, -0.25) is 10.4 Å². The van der Waals surface area contributed by atoms with E-state index in [1.807, 2.05) is 0 Å². The first-order chi connectivity index (χ1) is 6.56. The maximum Gasteiger partial charge on any atom is 0.142 e. The normalized spacial score (nSPS) is 9.64. The lowest BCUT2D eigenvalue weighted by molar-refractivity contribution is 0.416. The fraction of sp³-hybridized carbons (Fsp3) is 0.222. The second-order valence-electron chi connectivity index (χ2n) is 2.92. The molecule has 0 bridgehead atoms. The van der Waals surface area contributed by atoms with Gasteiger partial charge in [0.2, 0.25) is 0 Å². The Morgan fingerprint density at radius 3 is 2.64 bits per heavy atom. The average Bonchev–Trinajstić information content (AvgIpc) is 2.17. The Balaban J connectivity index is 3.06. The summed E-state index contributed by atoms with van der Waals surface area (Å²) in [5.41, 5.74) is 6.85. The number of rotatable bonds is 2. The highest BCUT2D eigenvalue weighted by atomic mass is 16.5. The van der Waals surface area contributed by atoms with Gasteiger partial charge in [-0.15, -0.1) is 0 Å². The zero-order valence-corrected chi connectivity index (χ0v) is 8.24. The van der Waals surface area contributed by atoms with Gasteiger partial charge < -0.3 is 10.5 Å². The van der Waals surface area contributed by atoms with E-state index < -0.39 is 0 Å². The number of hydrogen-bond donors (Lipinski definition) is 3. The molecule has 5 N–H and O–H groups in total. The van der Waals surface area contributed by atoms with Crippen LogP contribution < -0.4 is 16.3 Å². The highest BCUT2D eigenvalue weighted by molar-refractivity contribution is 5.96. The number of hydrazine groups is 1. The van der Waals surface area contributed by atoms with Crippen LogP contribution in [0.3, 0.4) is 0 Å². The Bertz CT molecular complexity index is 349. The lowest BCUT2D eigenvalue weighted by atomic mass is 10.1. The fourth-order valence-electron chi connectivity index (χ4n) is 1.06. The van der Waals surface area contributed by atoms with Gasteiger partial charge in [-0.1, -0.05) is 0 Å². The quantitative estimate of drug-likeness (QED) is 0.209. The summed E-state index contributed by atoms with van der Waals surface area (Å²) < 4.78 is 5.03. The van der Waals surface area contributed by atoms with Crippen molar-refractivity contribution in [3.8, 4) is 5.75 Å². The third-order valence-corrected chi connectivity index (χ3v) is 1.86. The van der Waals surface area contributed by atoms with Crippen LogP contribution in [0.4, 0.5) is 5.69 Å². The first-order valence-electron chi connectivity index (χ1n) is 4.07. The predicted octanol–water partition coefficient (Wildman–Crippen LogP) is 0.408. The number of hydrogen-bond acceptors (Lipinski definition) is 4. The molecule has 0 saturated heterocycles. The molecule has 1 aromatic carbocycles. The van der Waals surface area contributed by atoms with E-state index in [4.69, 9.17) is 21.7 Å². The number of methoxy groups -OCH3 is 1. The second-order valence-corrected chi connectivity index (χ2v) is 2.92. The van der Waals surface area contributed by atoms with Crippen molar-refractivity contribution in [2.24, 2.45) is 5.84 Å². The molecule has 0 aliphatic carbocycles. The van der Waals surface area contributed by atoms with E-state index in [1.165, 1.54) is 12.1 Å². The first kappa shape index (κ1) is 10.3. The number of nitrogen functional groups attached to an aromatic ring is 1. The Morgan fingerprint density at radius 2 is 2.14 bits per heavy atom. The predicted molar refractivity (Wildman–Crippen MR) is 56.2 cm³/mol. The fourth-order valence-corrected chi connectivity index (χ4v) is 1.06. The standard InChI is InChI=1S/C9H14N4O/c1-13(12)9(11)6-3-4-7(10)8(5-6)14-2/h3-5,11H,10,12H2,1-2H3. The minimum absolute atomic E-state index is 0.211. The summed E-state index contributed by atoms with van der Waals surface area (Å²) >= 11 is 0. The molecule has 0 unspecified atom stereocenters. The van der Waals surface area contributed by atoms with Gasteiger partial charge in [-0.25, -0.2) is 5.84 Å². The topological polar surface area (TPSA) is 88.4 Å². The molecule has 5 heteroatoms. The largest absolute Gasteiger partial charge is 0.495 e.